The SMILES string of the molecule is c1ccc(-c2ccc(-n3c4ccccc4c4cc5c(cc43)sc3c4[nH]c6ccccc6c4c4ccccc4c53)cc2)cc1.c1ccc(-n2c3ccccc3c3cc4c(cc32)sc2c3[nH]c5ccccc5c3c3ccccc3c42)cc1.c1ccc(-n2c3cnccc3c3cc4c(cc32)sc2ccc3c5ccccc5[nH]c3c24)cc1. The summed E-state index contributed by atoms with van der Waals surface area (Å²) in [6.07, 6.45) is 3.87. The van der Waals surface area contributed by atoms with Crippen LogP contribution < -0.4 is 0 Å². The van der Waals surface area contributed by atoms with Crippen molar-refractivity contribution in [3.05, 3.63) is 352 Å². The van der Waals surface area contributed by atoms with Crippen molar-refractivity contribution in [3.8, 4) is 28.2 Å². The van der Waals surface area contributed by atoms with Crippen molar-refractivity contribution < 1.29 is 0 Å². The Morgan fingerprint density at radius 2 is 0.584 bits per heavy atom. The third kappa shape index (κ3) is 9.19. The number of aromatic amines is 3. The minimum Gasteiger partial charge on any atom is -0.354 e. The third-order valence-corrected chi connectivity index (χ3v) is 27.3. The van der Waals surface area contributed by atoms with Gasteiger partial charge in [0.2, 0.25) is 0 Å². The molecule has 0 amide bonds. The second kappa shape index (κ2) is 24.2. The van der Waals surface area contributed by atoms with Gasteiger partial charge in [0.15, 0.2) is 0 Å². The third-order valence-electron chi connectivity index (χ3n) is 23.8. The summed E-state index contributed by atoms with van der Waals surface area (Å²) in [6, 6.07) is 123. The molecule has 7 nitrogen and oxygen atoms in total. The van der Waals surface area contributed by atoms with Crippen LogP contribution in [0.2, 0.25) is 0 Å². The fourth-order valence-electron chi connectivity index (χ4n) is 19.0. The number of thiophene rings is 3. The summed E-state index contributed by atoms with van der Waals surface area (Å²) in [4.78, 5) is 15.7. The summed E-state index contributed by atoms with van der Waals surface area (Å²) in [5, 5.41) is 28.7. The fourth-order valence-corrected chi connectivity index (χ4v) is 22.6. The highest BCUT2D eigenvalue weighted by Gasteiger charge is 2.25. The minimum atomic E-state index is 1.14. The van der Waals surface area contributed by atoms with Crippen molar-refractivity contribution in [2.24, 2.45) is 0 Å². The number of pyridine rings is 1. The molecule has 0 aliphatic heterocycles. The minimum absolute atomic E-state index is 1.14. The summed E-state index contributed by atoms with van der Waals surface area (Å²) in [7, 11) is 0. The van der Waals surface area contributed by atoms with E-state index in [1.54, 1.807) is 0 Å². The highest BCUT2D eigenvalue weighted by Crippen LogP contribution is 2.52. The first-order valence-corrected chi connectivity index (χ1v) is 40.8. The number of fused-ring (bicyclic) bond motifs is 36. The topological polar surface area (TPSA) is 75.0 Å². The summed E-state index contributed by atoms with van der Waals surface area (Å²) in [5.74, 6) is 0. The van der Waals surface area contributed by atoms with E-state index < -0.39 is 0 Å². The van der Waals surface area contributed by atoms with Gasteiger partial charge in [0.1, 0.15) is 0 Å². The molecule has 3 N–H and O–H groups in total. The molecule has 0 aliphatic carbocycles. The maximum Gasteiger partial charge on any atom is 0.0724 e. The summed E-state index contributed by atoms with van der Waals surface area (Å²) >= 11 is 5.68. The Kier molecular flexibility index (Phi) is 13.4. The van der Waals surface area contributed by atoms with Gasteiger partial charge < -0.3 is 28.7 Å². The van der Waals surface area contributed by atoms with Crippen molar-refractivity contribution in [1.82, 2.24) is 33.6 Å². The molecule has 10 heteroatoms. The van der Waals surface area contributed by atoms with E-state index in [0.717, 1.165) is 11.2 Å². The largest absolute Gasteiger partial charge is 0.354 e. The molecule has 0 aliphatic rings. The molecule has 0 radical (unpaired) electrons. The molecule has 0 spiro atoms. The Morgan fingerprint density at radius 1 is 0.212 bits per heavy atom. The second-order valence-corrected chi connectivity index (χ2v) is 33.0. The average Bonchev–Trinajstić information content (AvgIpc) is 1.55. The van der Waals surface area contributed by atoms with Gasteiger partial charge in [-0.25, -0.2) is 0 Å². The number of nitrogens with one attached hydrogen (secondary N) is 3. The van der Waals surface area contributed by atoms with Crippen LogP contribution in [0.1, 0.15) is 0 Å². The molecule has 0 fully saturated rings. The number of hydrogen-bond acceptors (Lipinski definition) is 4. The standard InChI is InChI=1S/C40H24N2S.C34H20N2S.C29H17N3S/c1-2-10-24(11-3-1)25-18-20-26(21-19-25)42-34-17-9-7-12-27(34)31-22-32-36(23-35(31)42)43-40-38(32)29-14-5-4-13-28(29)37-30-15-6-8-16-33(30)41-39(37)40;1-2-10-20(11-3-1)36-28-17-9-7-12-21(28)25-18-26-30(19-29(25)36)37-34-32(26)23-14-5-4-13-22(23)31-24-15-6-8-16-27(24)35-33(31)34;1-2-6-17(7-3-1)32-24-15-27-22(14-21(24)19-12-13-30-16-25(19)32)28-26(33-27)11-10-20-18-8-4-5-9-23(18)31-29(20)28/h1-23,41H;1-19,35H;1-16,31H. The predicted octanol–water partition coefficient (Wildman–Crippen LogP) is 29.7. The van der Waals surface area contributed by atoms with Crippen LogP contribution in [0, 0.1) is 0 Å². The van der Waals surface area contributed by atoms with E-state index in [0.29, 0.717) is 0 Å². The van der Waals surface area contributed by atoms with Crippen LogP contribution in [0.5, 0.6) is 0 Å². The van der Waals surface area contributed by atoms with Crippen LogP contribution >= 0.6 is 34.0 Å². The first kappa shape index (κ1) is 62.7. The molecule has 17 aromatic carbocycles. The lowest BCUT2D eigenvalue weighted by atomic mass is 9.98. The highest BCUT2D eigenvalue weighted by atomic mass is 32.1. The molecule has 10 aromatic heterocycles. The van der Waals surface area contributed by atoms with Crippen molar-refractivity contribution in [1.29, 1.82) is 0 Å². The van der Waals surface area contributed by atoms with E-state index in [-0.39, 0.29) is 0 Å². The van der Waals surface area contributed by atoms with Crippen LogP contribution in [-0.4, -0.2) is 33.6 Å². The molecule has 113 heavy (non-hydrogen) atoms. The number of aromatic nitrogens is 7. The Balaban J connectivity index is 0.0000000967. The summed E-state index contributed by atoms with van der Waals surface area (Å²) in [6.45, 7) is 0. The molecular weight excluding hydrogens is 1430 g/mol. The molecule has 0 atom stereocenters. The number of hydrogen-bond donors (Lipinski definition) is 3. The van der Waals surface area contributed by atoms with Crippen molar-refractivity contribution >= 4 is 247 Å². The van der Waals surface area contributed by atoms with Gasteiger partial charge in [-0.2, -0.15) is 0 Å². The zero-order valence-electron chi connectivity index (χ0n) is 60.5. The molecule has 0 saturated carbocycles. The molecule has 0 unspecified atom stereocenters. The molecule has 27 aromatic rings. The molecule has 526 valence electrons. The van der Waals surface area contributed by atoms with Crippen molar-refractivity contribution in [2.75, 3.05) is 0 Å². The van der Waals surface area contributed by atoms with Crippen LogP contribution in [0.4, 0.5) is 0 Å². The normalized spacial score (nSPS) is 12.2. The van der Waals surface area contributed by atoms with Gasteiger partial charge in [0, 0.05) is 156 Å². The first-order chi connectivity index (χ1) is 56.1. The molecular formula is C103H61N7S3. The smallest absolute Gasteiger partial charge is 0.0724 e. The van der Waals surface area contributed by atoms with E-state index in [1.165, 1.54) is 230 Å². The van der Waals surface area contributed by atoms with E-state index in [2.05, 4.69) is 373 Å². The lowest BCUT2D eigenvalue weighted by Crippen LogP contribution is -1.93. The number of nitrogens with zero attached hydrogens (tertiary/aromatic N) is 4. The predicted molar refractivity (Wildman–Crippen MR) is 487 cm³/mol. The quantitative estimate of drug-likeness (QED) is 0.161. The number of para-hydroxylation sites is 7. The average molecular weight is 1490 g/mol. The van der Waals surface area contributed by atoms with Crippen LogP contribution in [0.3, 0.4) is 0 Å². The summed E-state index contributed by atoms with van der Waals surface area (Å²) < 4.78 is 15.1. The first-order valence-electron chi connectivity index (χ1n) is 38.4. The molecule has 0 saturated heterocycles. The maximum absolute atomic E-state index is 4.44. The van der Waals surface area contributed by atoms with Gasteiger partial charge in [0.05, 0.1) is 65.2 Å². The van der Waals surface area contributed by atoms with Crippen LogP contribution in [0.25, 0.3) is 241 Å². The second-order valence-electron chi connectivity index (χ2n) is 29.8. The van der Waals surface area contributed by atoms with E-state index >= 15 is 0 Å². The molecule has 27 rings (SSSR count). The van der Waals surface area contributed by atoms with Gasteiger partial charge in [-0.15, -0.1) is 34.0 Å². The van der Waals surface area contributed by atoms with Crippen molar-refractivity contribution in [3.63, 3.8) is 0 Å². The van der Waals surface area contributed by atoms with E-state index in [4.69, 9.17) is 0 Å². The zero-order valence-corrected chi connectivity index (χ0v) is 62.9. The number of rotatable bonds is 4. The monoisotopic (exact) mass is 1490 g/mol. The van der Waals surface area contributed by atoms with Crippen LogP contribution in [0.15, 0.2) is 352 Å². The molecule has 10 heterocycles. The lowest BCUT2D eigenvalue weighted by Gasteiger charge is -2.09. The van der Waals surface area contributed by atoms with Gasteiger partial charge >= 0.3 is 0 Å². The van der Waals surface area contributed by atoms with Crippen LogP contribution in [-0.2, 0) is 0 Å². The number of H-pyrrole nitrogens is 3. The summed E-state index contributed by atoms with van der Waals surface area (Å²) in [5.41, 5.74) is 20.6. The highest BCUT2D eigenvalue weighted by molar-refractivity contribution is 7.27. The molecule has 0 bridgehead atoms. The van der Waals surface area contributed by atoms with E-state index in [9.17, 15) is 0 Å². The lowest BCUT2D eigenvalue weighted by molar-refractivity contribution is 1.17. The fraction of sp³-hybridized carbons (Fsp3) is 0. The van der Waals surface area contributed by atoms with Gasteiger partial charge in [-0.05, 0) is 148 Å². The van der Waals surface area contributed by atoms with E-state index in [1.807, 2.05) is 46.4 Å². The van der Waals surface area contributed by atoms with Gasteiger partial charge in [-0.1, -0.05) is 224 Å². The van der Waals surface area contributed by atoms with Crippen molar-refractivity contribution in [2.45, 2.75) is 0 Å². The number of benzene rings is 17. The Morgan fingerprint density at radius 3 is 1.10 bits per heavy atom. The van der Waals surface area contributed by atoms with Gasteiger partial charge in [-0.3, -0.25) is 4.98 Å². The Hall–Kier alpha value is -14.1. The Bertz CT molecular complexity index is 8680. The zero-order chi connectivity index (χ0) is 73.7. The van der Waals surface area contributed by atoms with Gasteiger partial charge in [0.25, 0.3) is 0 Å². The maximum atomic E-state index is 4.44. The Labute approximate surface area is 655 Å².